The Morgan fingerprint density at radius 3 is 1.80 bits per heavy atom. The van der Waals surface area contributed by atoms with E-state index in [9.17, 15) is 28.8 Å². The Labute approximate surface area is 365 Å². The highest BCUT2D eigenvalue weighted by molar-refractivity contribution is 7.17. The van der Waals surface area contributed by atoms with E-state index in [0.717, 1.165) is 20.9 Å². The molecule has 15 heteroatoms. The number of carbonyl (C=O) groups is 6. The number of hydrogen-bond donors (Lipinski definition) is 5. The van der Waals surface area contributed by atoms with Crippen LogP contribution in [0.5, 0.6) is 0 Å². The van der Waals surface area contributed by atoms with Crippen molar-refractivity contribution in [2.45, 2.75) is 103 Å². The van der Waals surface area contributed by atoms with Crippen LogP contribution in [0.2, 0.25) is 0 Å². The van der Waals surface area contributed by atoms with Gasteiger partial charge in [-0.25, -0.2) is 4.79 Å². The molecule has 3 amide bonds. The van der Waals surface area contributed by atoms with Gasteiger partial charge in [-0.15, -0.1) is 22.7 Å². The second-order valence-corrected chi connectivity index (χ2v) is 18.6. The number of benzene rings is 2. The summed E-state index contributed by atoms with van der Waals surface area (Å²) in [6, 6.07) is 22.0. The number of nitrogens with one attached hydrogen (secondary N) is 2. The molecule has 4 aromatic rings. The molecule has 7 N–H and O–H groups in total. The maximum Gasteiger partial charge on any atom is 0.345 e. The molecule has 328 valence electrons. The van der Waals surface area contributed by atoms with Gasteiger partial charge >= 0.3 is 5.97 Å². The van der Waals surface area contributed by atoms with Crippen LogP contribution in [0.3, 0.4) is 0 Å². The molecule has 2 aromatic heterocycles. The van der Waals surface area contributed by atoms with Gasteiger partial charge in [0, 0.05) is 15.3 Å². The summed E-state index contributed by atoms with van der Waals surface area (Å²) in [5.41, 5.74) is 12.3. The Hall–Kier alpha value is -5.06. The van der Waals surface area contributed by atoms with Crippen LogP contribution < -0.4 is 22.1 Å². The first-order valence-electron chi connectivity index (χ1n) is 20.2. The number of Topliss-reactive ketones (excluding diaryl/α,β-unsaturated/α-hetero) is 2. The molecule has 4 heterocycles. The lowest BCUT2D eigenvalue weighted by atomic mass is 9.84. The molecule has 0 spiro atoms. The summed E-state index contributed by atoms with van der Waals surface area (Å²) in [5.74, 6) is -2.38. The number of aromatic carboxylic acids is 1. The zero-order valence-electron chi connectivity index (χ0n) is 36.0. The first-order chi connectivity index (χ1) is 28.7. The minimum atomic E-state index is -1.09. The monoisotopic (exact) mass is 874 g/mol. The molecular formula is C46H58N4O9S2. The normalized spacial score (nSPS) is 21.8. The van der Waals surface area contributed by atoms with Crippen molar-refractivity contribution in [1.82, 2.24) is 10.6 Å². The van der Waals surface area contributed by atoms with E-state index < -0.39 is 41.0 Å². The van der Waals surface area contributed by atoms with Gasteiger partial charge in [0.2, 0.25) is 17.7 Å². The van der Waals surface area contributed by atoms with Gasteiger partial charge in [-0.05, 0) is 105 Å². The van der Waals surface area contributed by atoms with Crippen LogP contribution in [0.1, 0.15) is 99.7 Å². The molecule has 61 heavy (non-hydrogen) atoms. The molecule has 0 bridgehead atoms. The first-order valence-corrected chi connectivity index (χ1v) is 21.9. The van der Waals surface area contributed by atoms with Crippen LogP contribution >= 0.6 is 22.7 Å². The van der Waals surface area contributed by atoms with Gasteiger partial charge in [-0.2, -0.15) is 0 Å². The maximum absolute atomic E-state index is 13.4. The molecule has 2 aliphatic rings. The lowest BCUT2D eigenvalue weighted by Crippen LogP contribution is -2.59. The fourth-order valence-corrected chi connectivity index (χ4v) is 8.44. The van der Waals surface area contributed by atoms with Crippen LogP contribution in [0, 0.1) is 11.8 Å². The number of ether oxygens (including phenoxy) is 2. The average Bonchev–Trinajstić information content (AvgIpc) is 4.02. The Bertz CT molecular complexity index is 2170. The number of primary amides is 1. The van der Waals surface area contributed by atoms with Crippen molar-refractivity contribution in [1.29, 1.82) is 0 Å². The lowest BCUT2D eigenvalue weighted by molar-refractivity contribution is -0.130. The maximum atomic E-state index is 13.4. The quantitative estimate of drug-likeness (QED) is 0.0942. The molecule has 6 unspecified atom stereocenters. The van der Waals surface area contributed by atoms with Crippen LogP contribution in [0.15, 0.2) is 78.2 Å². The molecule has 6 atom stereocenters. The lowest BCUT2D eigenvalue weighted by Gasteiger charge is -2.30. The predicted molar refractivity (Wildman–Crippen MR) is 239 cm³/mol. The standard InChI is InChI=1S/C23H28N2O4S.C12H22N2O3.C11H8O2S/c1-13(2)10-18(22(28)25-23(4)14(3)29-12-20(23)26)17-11-15(19-6-5-9-30-19)7-8-16(17)21(24)27;1-7(2)5-9(13)11(16)14-12(4)8(3)17-6-10(12)15;12-11(13)10-7-6-9(14-10)8-4-2-1-3-5-8/h5-9,11,13-14,18H,10,12H2,1-4H3,(H2,24,27)(H,25,28);7-9H,5-6,13H2,1-4H3,(H,14,16);1-7H,(H,12,13). The van der Waals surface area contributed by atoms with Crippen molar-refractivity contribution in [3.05, 3.63) is 94.2 Å². The highest BCUT2D eigenvalue weighted by atomic mass is 32.1. The van der Waals surface area contributed by atoms with Gasteiger partial charge in [0.1, 0.15) is 29.2 Å². The number of hydrogen-bond acceptors (Lipinski definition) is 11. The number of carboxylic acids is 1. The van der Waals surface area contributed by atoms with Crippen molar-refractivity contribution in [3.63, 3.8) is 0 Å². The van der Waals surface area contributed by atoms with Crippen molar-refractivity contribution in [2.24, 2.45) is 23.3 Å². The minimum absolute atomic E-state index is 0.0206. The van der Waals surface area contributed by atoms with Gasteiger partial charge in [-0.3, -0.25) is 24.0 Å². The van der Waals surface area contributed by atoms with Gasteiger partial charge < -0.3 is 36.7 Å². The van der Waals surface area contributed by atoms with Gasteiger partial charge in [0.05, 0.1) is 24.2 Å². The first kappa shape index (κ1) is 48.6. The number of thiophene rings is 2. The summed E-state index contributed by atoms with van der Waals surface area (Å²) in [6.45, 7) is 15.0. The van der Waals surface area contributed by atoms with Crippen molar-refractivity contribution in [3.8, 4) is 20.9 Å². The molecule has 2 aliphatic heterocycles. The number of carboxylic acid groups (broad SMARTS) is 1. The summed E-state index contributed by atoms with van der Waals surface area (Å²) in [5, 5.41) is 16.4. The van der Waals surface area contributed by atoms with Crippen molar-refractivity contribution >= 4 is 57.9 Å². The number of rotatable bonds is 13. The van der Waals surface area contributed by atoms with E-state index in [1.54, 1.807) is 51.2 Å². The minimum Gasteiger partial charge on any atom is -0.477 e. The summed E-state index contributed by atoms with van der Waals surface area (Å²) < 4.78 is 10.7. The van der Waals surface area contributed by atoms with Crippen LogP contribution in [0.25, 0.3) is 20.9 Å². The molecule has 2 aromatic carbocycles. The van der Waals surface area contributed by atoms with E-state index in [0.29, 0.717) is 34.8 Å². The number of ketones is 2. The van der Waals surface area contributed by atoms with Crippen LogP contribution in [0.4, 0.5) is 0 Å². The average molecular weight is 875 g/mol. The van der Waals surface area contributed by atoms with Crippen molar-refractivity contribution < 1.29 is 43.3 Å². The van der Waals surface area contributed by atoms with E-state index >= 15 is 0 Å². The fourth-order valence-electron chi connectivity index (χ4n) is 6.87. The summed E-state index contributed by atoms with van der Waals surface area (Å²) in [4.78, 5) is 74.6. The van der Waals surface area contributed by atoms with Crippen LogP contribution in [-0.4, -0.2) is 82.9 Å². The second-order valence-electron chi connectivity index (χ2n) is 16.5. The van der Waals surface area contributed by atoms with Gasteiger partial charge in [-0.1, -0.05) is 70.2 Å². The molecule has 0 aliphatic carbocycles. The number of carbonyl (C=O) groups excluding carboxylic acids is 5. The SMILES string of the molecule is CC(C)CC(C(=O)NC1(C)C(=O)COC1C)c1cc(-c2cccs2)ccc1C(N)=O.CC(C)CC(N)C(=O)NC1(C)C(=O)COC1C.O=C(O)c1ccc(-c2ccccc2)s1. The molecule has 2 saturated heterocycles. The summed E-state index contributed by atoms with van der Waals surface area (Å²) >= 11 is 2.88. The Morgan fingerprint density at radius 2 is 1.34 bits per heavy atom. The zero-order valence-corrected chi connectivity index (χ0v) is 37.6. The fraction of sp³-hybridized carbons (Fsp3) is 0.435. The third-order valence-corrected chi connectivity index (χ3v) is 13.0. The number of nitrogens with two attached hydrogens (primary N) is 2. The van der Waals surface area contributed by atoms with E-state index in [-0.39, 0.29) is 48.6 Å². The van der Waals surface area contributed by atoms with E-state index in [1.807, 2.05) is 93.7 Å². The molecule has 2 fully saturated rings. The summed E-state index contributed by atoms with van der Waals surface area (Å²) in [6.07, 6.45) is 0.372. The highest BCUT2D eigenvalue weighted by Crippen LogP contribution is 2.34. The van der Waals surface area contributed by atoms with Gasteiger partial charge in [0.25, 0.3) is 0 Å². The Kier molecular flexibility index (Phi) is 16.9. The predicted octanol–water partition coefficient (Wildman–Crippen LogP) is 6.84. The Balaban J connectivity index is 0.000000222. The Morgan fingerprint density at radius 1 is 0.770 bits per heavy atom. The number of amides is 3. The molecular weight excluding hydrogens is 817 g/mol. The largest absolute Gasteiger partial charge is 0.477 e. The van der Waals surface area contributed by atoms with Crippen LogP contribution in [-0.2, 0) is 28.7 Å². The smallest absolute Gasteiger partial charge is 0.345 e. The topological polar surface area (TPSA) is 217 Å². The highest BCUT2D eigenvalue weighted by Gasteiger charge is 2.48. The zero-order chi connectivity index (χ0) is 45.2. The van der Waals surface area contributed by atoms with E-state index in [2.05, 4.69) is 10.6 Å². The van der Waals surface area contributed by atoms with Crippen molar-refractivity contribution in [2.75, 3.05) is 13.2 Å². The van der Waals surface area contributed by atoms with E-state index in [1.165, 1.54) is 11.3 Å². The van der Waals surface area contributed by atoms with E-state index in [4.69, 9.17) is 26.0 Å². The second kappa shape index (κ2) is 21.1. The third-order valence-electron chi connectivity index (χ3n) is 10.9. The third kappa shape index (κ3) is 12.3. The van der Waals surface area contributed by atoms with Gasteiger partial charge in [0.15, 0.2) is 11.6 Å². The summed E-state index contributed by atoms with van der Waals surface area (Å²) in [7, 11) is 0. The molecule has 13 nitrogen and oxygen atoms in total. The molecule has 6 rings (SSSR count). The molecule has 0 saturated carbocycles. The molecule has 0 radical (unpaired) electrons.